The summed E-state index contributed by atoms with van der Waals surface area (Å²) < 4.78 is 11.8. The smallest absolute Gasteiger partial charge is 0.119 e. The van der Waals surface area contributed by atoms with Crippen molar-refractivity contribution in [2.45, 2.75) is 12.8 Å². The Morgan fingerprint density at radius 1 is 0.536 bits per heavy atom. The number of ether oxygens (including phenoxy) is 2. The molecule has 0 saturated heterocycles. The molecule has 0 aliphatic rings. The van der Waals surface area contributed by atoms with Crippen molar-refractivity contribution in [1.29, 1.82) is 0 Å². The van der Waals surface area contributed by atoms with Crippen LogP contribution in [0.4, 0.5) is 0 Å². The molecule has 0 fully saturated rings. The minimum atomic E-state index is 0.665. The summed E-state index contributed by atoms with van der Waals surface area (Å²) in [6, 6.07) is 33.1. The first-order valence-corrected chi connectivity index (χ1v) is 9.75. The van der Waals surface area contributed by atoms with Gasteiger partial charge in [0.25, 0.3) is 0 Å². The summed E-state index contributed by atoms with van der Waals surface area (Å²) in [7, 11) is 0. The van der Waals surface area contributed by atoms with Crippen LogP contribution in [0.15, 0.2) is 97.1 Å². The molecule has 0 amide bonds. The molecule has 0 aromatic heterocycles. The Morgan fingerprint density at radius 3 is 1.79 bits per heavy atom. The highest BCUT2D eigenvalue weighted by Crippen LogP contribution is 2.23. The maximum absolute atomic E-state index is 5.91. The van der Waals surface area contributed by atoms with Gasteiger partial charge in [0.1, 0.15) is 11.5 Å². The zero-order valence-electron chi connectivity index (χ0n) is 15.9. The molecule has 4 aromatic carbocycles. The van der Waals surface area contributed by atoms with Gasteiger partial charge in [-0.15, -0.1) is 0 Å². The van der Waals surface area contributed by atoms with E-state index in [1.165, 1.54) is 21.9 Å². The fraction of sp³-hybridized carbons (Fsp3) is 0.154. The van der Waals surface area contributed by atoms with E-state index in [4.69, 9.17) is 9.47 Å². The summed E-state index contributed by atoms with van der Waals surface area (Å²) in [5, 5.41) is 2.57. The minimum absolute atomic E-state index is 0.665. The lowest BCUT2D eigenvalue weighted by atomic mass is 9.98. The third kappa shape index (κ3) is 4.72. The van der Waals surface area contributed by atoms with Crippen LogP contribution in [0.5, 0.6) is 11.5 Å². The van der Waals surface area contributed by atoms with Gasteiger partial charge in [-0.2, -0.15) is 0 Å². The third-order valence-corrected chi connectivity index (χ3v) is 4.79. The van der Waals surface area contributed by atoms with Gasteiger partial charge in [0.05, 0.1) is 13.2 Å². The molecule has 0 aliphatic heterocycles. The fourth-order valence-corrected chi connectivity index (χ4v) is 3.41. The molecular formula is C26H24O2. The largest absolute Gasteiger partial charge is 0.493 e. The Hall–Kier alpha value is -3.26. The van der Waals surface area contributed by atoms with E-state index in [1.54, 1.807) is 0 Å². The van der Waals surface area contributed by atoms with Gasteiger partial charge >= 0.3 is 0 Å². The Morgan fingerprint density at radius 2 is 1.11 bits per heavy atom. The van der Waals surface area contributed by atoms with Crippen molar-refractivity contribution in [3.05, 3.63) is 108 Å². The summed E-state index contributed by atoms with van der Waals surface area (Å²) in [5.74, 6) is 1.83. The number of benzene rings is 4. The lowest BCUT2D eigenvalue weighted by Gasteiger charge is -2.12. The number of hydrogen-bond donors (Lipinski definition) is 0. The van der Waals surface area contributed by atoms with Crippen molar-refractivity contribution in [2.24, 2.45) is 0 Å². The average molecular weight is 368 g/mol. The van der Waals surface area contributed by atoms with Crippen LogP contribution < -0.4 is 9.47 Å². The molecule has 140 valence electrons. The zero-order valence-corrected chi connectivity index (χ0v) is 15.9. The highest BCUT2D eigenvalue weighted by Gasteiger charge is 2.06. The molecule has 4 rings (SSSR count). The van der Waals surface area contributed by atoms with Crippen molar-refractivity contribution in [3.8, 4) is 11.5 Å². The van der Waals surface area contributed by atoms with Crippen LogP contribution in [0, 0.1) is 0 Å². The first-order valence-electron chi connectivity index (χ1n) is 9.75. The predicted molar refractivity (Wildman–Crippen MR) is 115 cm³/mol. The van der Waals surface area contributed by atoms with E-state index in [9.17, 15) is 0 Å². The molecule has 2 nitrogen and oxygen atoms in total. The standard InChI is InChI=1S/C26H24O2/c1-3-10-24(11-4-1)27-17-15-21-19-22-9-7-8-14-26(22)23(20-21)16-18-28-25-12-5-2-6-13-25/h1-14,19-20H,15-18H2. The lowest BCUT2D eigenvalue weighted by molar-refractivity contribution is 0.320. The maximum Gasteiger partial charge on any atom is 0.119 e. The highest BCUT2D eigenvalue weighted by molar-refractivity contribution is 5.86. The number of hydrogen-bond acceptors (Lipinski definition) is 2. The van der Waals surface area contributed by atoms with Crippen molar-refractivity contribution in [2.75, 3.05) is 13.2 Å². The molecular weight excluding hydrogens is 344 g/mol. The van der Waals surface area contributed by atoms with Gasteiger partial charge in [-0.05, 0) is 46.2 Å². The molecule has 0 radical (unpaired) electrons. The molecule has 0 N–H and O–H groups in total. The second kappa shape index (κ2) is 9.09. The van der Waals surface area contributed by atoms with Crippen LogP contribution in [0.25, 0.3) is 10.8 Å². The second-order valence-corrected chi connectivity index (χ2v) is 6.80. The van der Waals surface area contributed by atoms with E-state index < -0.39 is 0 Å². The lowest BCUT2D eigenvalue weighted by Crippen LogP contribution is -2.05. The van der Waals surface area contributed by atoms with Gasteiger partial charge in [-0.1, -0.05) is 72.8 Å². The molecule has 0 unspecified atom stereocenters. The predicted octanol–water partition coefficient (Wildman–Crippen LogP) is 6.08. The number of rotatable bonds is 8. The second-order valence-electron chi connectivity index (χ2n) is 6.80. The van der Waals surface area contributed by atoms with Crippen molar-refractivity contribution < 1.29 is 9.47 Å². The van der Waals surface area contributed by atoms with Crippen molar-refractivity contribution >= 4 is 10.8 Å². The van der Waals surface area contributed by atoms with E-state index in [0.717, 1.165) is 24.3 Å². The summed E-state index contributed by atoms with van der Waals surface area (Å²) >= 11 is 0. The topological polar surface area (TPSA) is 18.5 Å². The molecule has 0 spiro atoms. The minimum Gasteiger partial charge on any atom is -0.493 e. The molecule has 2 heteroatoms. The molecule has 0 atom stereocenters. The SMILES string of the molecule is c1ccc(OCCc2cc(CCOc3ccccc3)c3ccccc3c2)cc1. The van der Waals surface area contributed by atoms with E-state index >= 15 is 0 Å². The number of fused-ring (bicyclic) bond motifs is 1. The highest BCUT2D eigenvalue weighted by atomic mass is 16.5. The van der Waals surface area contributed by atoms with Crippen molar-refractivity contribution in [1.82, 2.24) is 0 Å². The molecule has 4 aromatic rings. The quantitative estimate of drug-likeness (QED) is 0.375. The Labute approximate surface area is 166 Å². The summed E-state index contributed by atoms with van der Waals surface area (Å²) in [6.45, 7) is 1.33. The van der Waals surface area contributed by atoms with Crippen LogP contribution >= 0.6 is 0 Å². The molecule has 28 heavy (non-hydrogen) atoms. The molecule has 0 saturated carbocycles. The molecule has 0 bridgehead atoms. The Kier molecular flexibility index (Phi) is 5.89. The van der Waals surface area contributed by atoms with E-state index in [0.29, 0.717) is 13.2 Å². The Bertz CT molecular complexity index is 1010. The molecule has 0 aliphatic carbocycles. The van der Waals surface area contributed by atoms with Gasteiger partial charge in [-0.25, -0.2) is 0 Å². The Balaban J connectivity index is 1.45. The van der Waals surface area contributed by atoms with Gasteiger partial charge < -0.3 is 9.47 Å². The normalized spacial score (nSPS) is 10.7. The molecule has 0 heterocycles. The first-order chi connectivity index (χ1) is 13.9. The summed E-state index contributed by atoms with van der Waals surface area (Å²) in [5.41, 5.74) is 2.62. The van der Waals surface area contributed by atoms with E-state index in [2.05, 4.69) is 36.4 Å². The van der Waals surface area contributed by atoms with Crippen LogP contribution in [0.1, 0.15) is 11.1 Å². The summed E-state index contributed by atoms with van der Waals surface area (Å²) in [4.78, 5) is 0. The van der Waals surface area contributed by atoms with Gasteiger partial charge in [-0.3, -0.25) is 0 Å². The van der Waals surface area contributed by atoms with Crippen LogP contribution in [-0.2, 0) is 12.8 Å². The van der Waals surface area contributed by atoms with Crippen LogP contribution in [0.3, 0.4) is 0 Å². The monoisotopic (exact) mass is 368 g/mol. The van der Waals surface area contributed by atoms with Crippen LogP contribution in [-0.4, -0.2) is 13.2 Å². The van der Waals surface area contributed by atoms with Crippen molar-refractivity contribution in [3.63, 3.8) is 0 Å². The van der Waals surface area contributed by atoms with E-state index in [-0.39, 0.29) is 0 Å². The third-order valence-electron chi connectivity index (χ3n) is 4.79. The summed E-state index contributed by atoms with van der Waals surface area (Å²) in [6.07, 6.45) is 1.76. The van der Waals surface area contributed by atoms with E-state index in [1.807, 2.05) is 60.7 Å². The first kappa shape index (κ1) is 18.1. The average Bonchev–Trinajstić information content (AvgIpc) is 2.75. The van der Waals surface area contributed by atoms with Crippen LogP contribution in [0.2, 0.25) is 0 Å². The van der Waals surface area contributed by atoms with Gasteiger partial charge in [0.2, 0.25) is 0 Å². The number of para-hydroxylation sites is 2. The zero-order chi connectivity index (χ0) is 19.0. The van der Waals surface area contributed by atoms with Gasteiger partial charge in [0, 0.05) is 12.8 Å². The van der Waals surface area contributed by atoms with Gasteiger partial charge in [0.15, 0.2) is 0 Å². The maximum atomic E-state index is 5.91. The fourth-order valence-electron chi connectivity index (χ4n) is 3.41.